The molecule has 3 aromatic heterocycles. The Hall–Kier alpha value is -6.98. The highest BCUT2D eigenvalue weighted by atomic mass is 15.4. The monoisotopic (exact) mass is 665 g/mol. The lowest BCUT2D eigenvalue weighted by Crippen LogP contribution is -2.40. The molecule has 0 aliphatic carbocycles. The molecule has 5 heteroatoms. The summed E-state index contributed by atoms with van der Waals surface area (Å²) in [4.78, 5) is 5.40. The van der Waals surface area contributed by atoms with Crippen molar-refractivity contribution in [3.8, 4) is 23.0 Å². The zero-order chi connectivity index (χ0) is 34.2. The number of rotatable bonds is 5. The minimum Gasteiger partial charge on any atom is -0.364 e. The summed E-state index contributed by atoms with van der Waals surface area (Å²) in [5.41, 5.74) is 7.85. The molecule has 11 rings (SSSR count). The van der Waals surface area contributed by atoms with E-state index in [1.165, 1.54) is 59.7 Å². The van der Waals surface area contributed by atoms with Crippen LogP contribution in [0.2, 0.25) is 0 Å². The van der Waals surface area contributed by atoms with Crippen LogP contribution >= 0.6 is 0 Å². The van der Waals surface area contributed by atoms with Gasteiger partial charge >= 0.3 is 0 Å². The Labute approximate surface area is 299 Å². The zero-order valence-electron chi connectivity index (χ0n) is 28.2. The van der Waals surface area contributed by atoms with Crippen LogP contribution in [0.3, 0.4) is 0 Å². The van der Waals surface area contributed by atoms with Gasteiger partial charge in [-0.05, 0) is 74.4 Å². The number of hydrogen-bond donors (Lipinski definition) is 0. The molecule has 0 fully saturated rings. The summed E-state index contributed by atoms with van der Waals surface area (Å²) in [6, 6.07) is 62.8. The van der Waals surface area contributed by atoms with Crippen LogP contribution in [-0.4, -0.2) is 14.1 Å². The summed E-state index contributed by atoms with van der Waals surface area (Å²) in [6.45, 7) is 0.587. The third-order valence-corrected chi connectivity index (χ3v) is 10.5. The third kappa shape index (κ3) is 4.36. The van der Waals surface area contributed by atoms with Crippen LogP contribution in [0.4, 0.5) is 0 Å². The Morgan fingerprint density at radius 3 is 1.90 bits per heavy atom. The van der Waals surface area contributed by atoms with Crippen molar-refractivity contribution in [1.82, 2.24) is 19.2 Å². The van der Waals surface area contributed by atoms with Crippen LogP contribution in [0.25, 0.3) is 88.2 Å². The fourth-order valence-electron chi connectivity index (χ4n) is 8.16. The van der Waals surface area contributed by atoms with E-state index in [0.29, 0.717) is 12.5 Å². The van der Waals surface area contributed by atoms with Gasteiger partial charge in [0.15, 0.2) is 5.82 Å². The molecule has 244 valence electrons. The summed E-state index contributed by atoms with van der Waals surface area (Å²) >= 11 is 0. The Balaban J connectivity index is 1.19. The maximum atomic E-state index is 5.40. The van der Waals surface area contributed by atoms with Crippen molar-refractivity contribution in [3.05, 3.63) is 181 Å². The molecular formula is C47H31N5. The molecule has 0 saturated heterocycles. The molecule has 8 aromatic carbocycles. The number of fused-ring (bicyclic) bond motifs is 9. The predicted molar refractivity (Wildman–Crippen MR) is 212 cm³/mol. The van der Waals surface area contributed by atoms with Gasteiger partial charge in [0, 0.05) is 32.9 Å². The molecular weight excluding hydrogens is 635 g/mol. The van der Waals surface area contributed by atoms with Crippen molar-refractivity contribution in [2.24, 2.45) is 0 Å². The minimum absolute atomic E-state index is 0.587. The largest absolute Gasteiger partial charge is 0.364 e. The molecule has 52 heavy (non-hydrogen) atoms. The van der Waals surface area contributed by atoms with E-state index in [1.54, 1.807) is 0 Å². The van der Waals surface area contributed by atoms with Crippen LogP contribution in [0, 0.1) is 0 Å². The standard InChI is InChI=1S/C47H31N5/c1-2-16-37(17-3-1)51-41-20-10-8-18-38(41)39-26-27-43-44(45(39)51)40-19-9-11-21-42(40)52(43)47-48-46(36-25-24-33-13-5-7-15-35(33)29-36)50(49-47)30-31-22-23-32-12-4-6-14-34(32)28-31/h1-29H,30H2. The first-order valence-electron chi connectivity index (χ1n) is 17.7. The smallest absolute Gasteiger partial charge is 0.165 e. The molecule has 0 amide bonds. The van der Waals surface area contributed by atoms with Crippen LogP contribution in [0.5, 0.6) is 0 Å². The summed E-state index contributed by atoms with van der Waals surface area (Å²) < 4.78 is 6.73. The van der Waals surface area contributed by atoms with Gasteiger partial charge in [-0.15, -0.1) is 0 Å². The molecule has 5 nitrogen and oxygen atoms in total. The first kappa shape index (κ1) is 28.8. The average Bonchev–Trinajstić information content (AvgIpc) is 3.88. The molecule has 0 unspecified atom stereocenters. The Morgan fingerprint density at radius 2 is 1.12 bits per heavy atom. The van der Waals surface area contributed by atoms with Crippen molar-refractivity contribution in [2.75, 3.05) is 0 Å². The molecule has 0 bridgehead atoms. The predicted octanol–water partition coefficient (Wildman–Crippen LogP) is 10.5. The van der Waals surface area contributed by atoms with Crippen molar-refractivity contribution in [1.29, 1.82) is 0 Å². The summed E-state index contributed by atoms with van der Waals surface area (Å²) in [7, 11) is 0. The van der Waals surface area contributed by atoms with Crippen LogP contribution in [-0.2, 0) is 6.54 Å². The number of aromatic nitrogens is 5. The van der Waals surface area contributed by atoms with E-state index in [-0.39, 0.29) is 0 Å². The number of para-hydroxylation sites is 3. The Morgan fingerprint density at radius 1 is 0.481 bits per heavy atom. The first-order valence-corrected chi connectivity index (χ1v) is 17.7. The highest BCUT2D eigenvalue weighted by molar-refractivity contribution is 6.26. The minimum atomic E-state index is 0.587. The van der Waals surface area contributed by atoms with Gasteiger partial charge in [-0.2, -0.15) is 0 Å². The second kappa shape index (κ2) is 11.3. The van der Waals surface area contributed by atoms with Crippen molar-refractivity contribution in [2.45, 2.75) is 6.54 Å². The second-order valence-electron chi connectivity index (χ2n) is 13.5. The van der Waals surface area contributed by atoms with Gasteiger partial charge in [0.2, 0.25) is 0 Å². The molecule has 0 spiro atoms. The number of nitrogens with zero attached hydrogens (tertiary/aromatic N) is 5. The van der Waals surface area contributed by atoms with E-state index in [2.05, 4.69) is 190 Å². The molecule has 0 radical (unpaired) electrons. The van der Waals surface area contributed by atoms with E-state index in [0.717, 1.165) is 28.1 Å². The van der Waals surface area contributed by atoms with Crippen molar-refractivity contribution >= 4 is 65.2 Å². The van der Waals surface area contributed by atoms with Gasteiger partial charge in [-0.25, -0.2) is 9.78 Å². The van der Waals surface area contributed by atoms with Crippen LogP contribution in [0.15, 0.2) is 176 Å². The van der Waals surface area contributed by atoms with E-state index < -0.39 is 0 Å². The van der Waals surface area contributed by atoms with E-state index in [1.807, 2.05) is 0 Å². The van der Waals surface area contributed by atoms with Crippen LogP contribution < -0.4 is 9.78 Å². The lowest BCUT2D eigenvalue weighted by Gasteiger charge is -2.11. The summed E-state index contributed by atoms with van der Waals surface area (Å²) in [5, 5.41) is 15.0. The lowest BCUT2D eigenvalue weighted by atomic mass is 10.1. The molecule has 0 aliphatic heterocycles. The van der Waals surface area contributed by atoms with Gasteiger partial charge in [0.25, 0.3) is 0 Å². The maximum Gasteiger partial charge on any atom is 0.165 e. The van der Waals surface area contributed by atoms with Gasteiger partial charge in [-0.3, -0.25) is 0 Å². The fraction of sp³-hybridized carbons (Fsp3) is 0.0213. The Bertz CT molecular complexity index is 3160. The fourth-order valence-corrected chi connectivity index (χ4v) is 8.16. The Kier molecular flexibility index (Phi) is 6.25. The number of hydrogen-bond acceptors (Lipinski definition) is 1. The normalized spacial score (nSPS) is 11.9. The maximum absolute atomic E-state index is 5.40. The molecule has 0 saturated carbocycles. The summed E-state index contributed by atoms with van der Waals surface area (Å²) in [6.07, 6.45) is 0. The van der Waals surface area contributed by atoms with Gasteiger partial charge < -0.3 is 14.1 Å². The lowest BCUT2D eigenvalue weighted by molar-refractivity contribution is -0.737. The van der Waals surface area contributed by atoms with Crippen LogP contribution in [0.1, 0.15) is 5.56 Å². The van der Waals surface area contributed by atoms with Crippen molar-refractivity contribution < 1.29 is 4.68 Å². The molecule has 0 N–H and O–H groups in total. The van der Waals surface area contributed by atoms with Gasteiger partial charge in [0.1, 0.15) is 6.54 Å². The van der Waals surface area contributed by atoms with Crippen molar-refractivity contribution in [3.63, 3.8) is 0 Å². The summed E-state index contributed by atoms with van der Waals surface area (Å²) in [5.74, 6) is 1.48. The quantitative estimate of drug-likeness (QED) is 0.172. The first-order chi connectivity index (χ1) is 25.8. The average molecular weight is 666 g/mol. The third-order valence-electron chi connectivity index (χ3n) is 10.5. The molecule has 0 atom stereocenters. The SMILES string of the molecule is c1ccc(-n2c3ccccc3c3ccc4c(c5ccccc5n4-c4nc(-c5ccc6ccccc6c5)[n+](Cc5ccc6ccccc6c5)[n-]4)c32)cc1. The van der Waals surface area contributed by atoms with E-state index in [9.17, 15) is 0 Å². The second-order valence-corrected chi connectivity index (χ2v) is 13.5. The highest BCUT2D eigenvalue weighted by Crippen LogP contribution is 2.41. The zero-order valence-corrected chi connectivity index (χ0v) is 28.2. The number of benzene rings is 8. The highest BCUT2D eigenvalue weighted by Gasteiger charge is 2.20. The molecule has 3 heterocycles. The van der Waals surface area contributed by atoms with Gasteiger partial charge in [0.05, 0.1) is 17.0 Å². The molecule has 11 aromatic rings. The van der Waals surface area contributed by atoms with E-state index >= 15 is 0 Å². The topological polar surface area (TPSA) is 40.7 Å². The van der Waals surface area contributed by atoms with E-state index in [4.69, 9.17) is 10.1 Å². The van der Waals surface area contributed by atoms with Gasteiger partial charge in [-0.1, -0.05) is 140 Å². The molecule has 0 aliphatic rings.